The fourth-order valence-corrected chi connectivity index (χ4v) is 6.66. The van der Waals surface area contributed by atoms with E-state index < -0.39 is 11.9 Å². The van der Waals surface area contributed by atoms with E-state index in [1.165, 1.54) is 0 Å². The summed E-state index contributed by atoms with van der Waals surface area (Å²) in [4.78, 5) is 33.4. The predicted molar refractivity (Wildman–Crippen MR) is 171 cm³/mol. The summed E-state index contributed by atoms with van der Waals surface area (Å²) in [6.45, 7) is 16.8. The third-order valence-electron chi connectivity index (χ3n) is 9.03. The smallest absolute Gasteiger partial charge is 0.303 e. The number of aromatic nitrogens is 2. The van der Waals surface area contributed by atoms with Gasteiger partial charge < -0.3 is 19.3 Å². The fourth-order valence-electron chi connectivity index (χ4n) is 6.66. The molecule has 0 amide bonds. The summed E-state index contributed by atoms with van der Waals surface area (Å²) in [7, 11) is 0. The standard InChI is InChI=1S/C35H34N4O4/c1-7-22-18(3)26-13-30-21(6)25(10-12-35(42)43)33-16-29-24(9-11-34(40)41)19(4)27(37-29)14-32-23(8-2)20(5)31(15-28(22)36-26)38(32)17-39(30)33/h7-8,13-16H,1-2,9-12,17H2,3-6H3,(H,40,41)(H,42,43). The van der Waals surface area contributed by atoms with E-state index in [-0.39, 0.29) is 12.8 Å². The van der Waals surface area contributed by atoms with Crippen LogP contribution in [0.1, 0.15) is 66.8 Å². The highest BCUT2D eigenvalue weighted by Crippen LogP contribution is 2.36. The average molecular weight is 575 g/mol. The first kappa shape index (κ1) is 28.2. The molecule has 0 spiro atoms. The number of carboxylic acids is 2. The lowest BCUT2D eigenvalue weighted by Crippen LogP contribution is -2.33. The number of carboxylic acid groups (broad SMARTS) is 2. The van der Waals surface area contributed by atoms with Gasteiger partial charge in [-0.15, -0.1) is 0 Å². The summed E-state index contributed by atoms with van der Waals surface area (Å²) in [5, 5.41) is 21.0. The van der Waals surface area contributed by atoms with E-state index in [1.807, 2.05) is 39.0 Å². The summed E-state index contributed by atoms with van der Waals surface area (Å²) in [6.07, 6.45) is 12.7. The van der Waals surface area contributed by atoms with Crippen molar-refractivity contribution in [1.82, 2.24) is 9.13 Å². The Balaban J connectivity index is 1.80. The number of carbonyl (C=O) groups is 2. The number of aliphatic imine (C=N–C) groups is 2. The third-order valence-corrected chi connectivity index (χ3v) is 9.03. The summed E-state index contributed by atoms with van der Waals surface area (Å²) in [5.41, 5.74) is 12.9. The molecule has 6 heterocycles. The van der Waals surface area contributed by atoms with Crippen LogP contribution < -0.4 is 10.7 Å². The maximum Gasteiger partial charge on any atom is 0.303 e. The molecule has 0 fully saturated rings. The number of fused-ring (bicyclic) bond motifs is 2. The van der Waals surface area contributed by atoms with Crippen molar-refractivity contribution in [2.75, 3.05) is 0 Å². The van der Waals surface area contributed by atoms with Gasteiger partial charge in [-0.25, -0.2) is 9.98 Å². The highest BCUT2D eigenvalue weighted by atomic mass is 16.4. The Labute approximate surface area is 249 Å². The van der Waals surface area contributed by atoms with Crippen molar-refractivity contribution < 1.29 is 19.8 Å². The van der Waals surface area contributed by atoms with E-state index in [9.17, 15) is 19.8 Å². The van der Waals surface area contributed by atoms with Gasteiger partial charge in [-0.05, 0) is 98.3 Å². The van der Waals surface area contributed by atoms with Gasteiger partial charge >= 0.3 is 11.9 Å². The minimum absolute atomic E-state index is 0.0140. The Bertz CT molecular complexity index is 2010. The number of aliphatic carboxylic acids is 2. The van der Waals surface area contributed by atoms with Crippen LogP contribution in [-0.2, 0) is 22.7 Å². The van der Waals surface area contributed by atoms with Crippen molar-refractivity contribution >= 4 is 53.7 Å². The third kappa shape index (κ3) is 4.45. The molecule has 0 radical (unpaired) electrons. The first-order valence-corrected chi connectivity index (χ1v) is 14.4. The number of rotatable bonds is 8. The molecule has 8 nitrogen and oxygen atoms in total. The SMILES string of the molecule is C=CC1=C(C)C2=NC1=Cc1c(C)c(C=C)c3n1Cn1c(c(C)c(CCC(=O)O)c1=CC1=NC(=C3)C(C)=C1CCC(=O)O)=C2. The van der Waals surface area contributed by atoms with Crippen LogP contribution in [0.5, 0.6) is 0 Å². The van der Waals surface area contributed by atoms with Gasteiger partial charge in [0.25, 0.3) is 0 Å². The Hall–Kier alpha value is -4.98. The van der Waals surface area contributed by atoms with Gasteiger partial charge in [-0.2, -0.15) is 0 Å². The predicted octanol–water partition coefficient (Wildman–Crippen LogP) is 4.94. The van der Waals surface area contributed by atoms with Crippen molar-refractivity contribution in [1.29, 1.82) is 0 Å². The second kappa shape index (κ2) is 10.4. The first-order valence-electron chi connectivity index (χ1n) is 14.4. The van der Waals surface area contributed by atoms with E-state index in [0.717, 1.165) is 83.7 Å². The monoisotopic (exact) mass is 574 g/mol. The minimum atomic E-state index is -0.868. The molecule has 43 heavy (non-hydrogen) atoms. The van der Waals surface area contributed by atoms with E-state index in [0.29, 0.717) is 25.2 Å². The van der Waals surface area contributed by atoms with Crippen LogP contribution >= 0.6 is 0 Å². The summed E-state index contributed by atoms with van der Waals surface area (Å²) < 4.78 is 4.47. The number of hydrogen-bond acceptors (Lipinski definition) is 4. The molecule has 6 bridgehead atoms. The van der Waals surface area contributed by atoms with Crippen molar-refractivity contribution in [3.05, 3.63) is 97.3 Å². The fraction of sp³-hybridized carbons (Fsp3) is 0.257. The number of hydrogen-bond donors (Lipinski definition) is 2. The molecular formula is C35H34N4O4. The molecule has 0 saturated carbocycles. The molecule has 2 aromatic rings. The highest BCUT2D eigenvalue weighted by molar-refractivity contribution is 6.24. The Morgan fingerprint density at radius 1 is 0.791 bits per heavy atom. The van der Waals surface area contributed by atoms with E-state index in [1.54, 1.807) is 0 Å². The Kier molecular flexibility index (Phi) is 6.80. The maximum absolute atomic E-state index is 11.8. The summed E-state index contributed by atoms with van der Waals surface area (Å²) >= 11 is 0. The second-order valence-electron chi connectivity index (χ2n) is 11.4. The Morgan fingerprint density at radius 3 is 2.12 bits per heavy atom. The molecule has 218 valence electrons. The summed E-state index contributed by atoms with van der Waals surface area (Å²) in [5.74, 6) is -1.74. The normalized spacial score (nSPS) is 16.6. The lowest BCUT2D eigenvalue weighted by Gasteiger charge is -2.16. The van der Waals surface area contributed by atoms with Gasteiger partial charge in [-0.3, -0.25) is 9.59 Å². The number of allylic oxidation sites excluding steroid dienone is 4. The Morgan fingerprint density at radius 2 is 1.44 bits per heavy atom. The zero-order valence-corrected chi connectivity index (χ0v) is 24.9. The molecule has 2 N–H and O–H groups in total. The van der Waals surface area contributed by atoms with Crippen molar-refractivity contribution in [3.8, 4) is 0 Å². The molecule has 0 aromatic carbocycles. The van der Waals surface area contributed by atoms with Crippen molar-refractivity contribution in [2.24, 2.45) is 9.98 Å². The van der Waals surface area contributed by atoms with E-state index in [4.69, 9.17) is 9.98 Å². The van der Waals surface area contributed by atoms with Gasteiger partial charge in [0.05, 0.1) is 28.5 Å². The largest absolute Gasteiger partial charge is 0.481 e. The van der Waals surface area contributed by atoms with Crippen LogP contribution in [0.25, 0.3) is 30.4 Å². The van der Waals surface area contributed by atoms with Crippen LogP contribution in [0, 0.1) is 13.8 Å². The molecule has 4 aliphatic heterocycles. The molecular weight excluding hydrogens is 540 g/mol. The quantitative estimate of drug-likeness (QED) is 0.466. The molecule has 4 aliphatic rings. The molecule has 6 rings (SSSR count). The van der Waals surface area contributed by atoms with Crippen LogP contribution in [-0.4, -0.2) is 42.7 Å². The molecule has 0 saturated heterocycles. The van der Waals surface area contributed by atoms with Crippen LogP contribution in [0.3, 0.4) is 0 Å². The highest BCUT2D eigenvalue weighted by Gasteiger charge is 2.28. The van der Waals surface area contributed by atoms with Gasteiger partial charge in [0.1, 0.15) is 6.67 Å². The van der Waals surface area contributed by atoms with Crippen molar-refractivity contribution in [2.45, 2.75) is 60.0 Å². The summed E-state index contributed by atoms with van der Waals surface area (Å²) in [6, 6.07) is 0. The lowest BCUT2D eigenvalue weighted by atomic mass is 9.98. The average Bonchev–Trinajstić information content (AvgIpc) is 3.58. The zero-order chi connectivity index (χ0) is 30.7. The van der Waals surface area contributed by atoms with Crippen LogP contribution in [0.4, 0.5) is 0 Å². The number of nitrogens with zero attached hydrogens (tertiary/aromatic N) is 4. The van der Waals surface area contributed by atoms with Gasteiger partial charge in [0.2, 0.25) is 0 Å². The molecule has 0 aliphatic carbocycles. The maximum atomic E-state index is 11.8. The van der Waals surface area contributed by atoms with Crippen LogP contribution in [0.15, 0.2) is 62.9 Å². The van der Waals surface area contributed by atoms with E-state index in [2.05, 4.69) is 47.4 Å². The topological polar surface area (TPSA) is 109 Å². The molecule has 0 atom stereocenters. The van der Waals surface area contributed by atoms with Gasteiger partial charge in [0.15, 0.2) is 0 Å². The molecule has 0 unspecified atom stereocenters. The first-order chi connectivity index (χ1) is 20.5. The van der Waals surface area contributed by atoms with Crippen molar-refractivity contribution in [3.63, 3.8) is 0 Å². The zero-order valence-electron chi connectivity index (χ0n) is 24.9. The molecule has 2 aromatic heterocycles. The van der Waals surface area contributed by atoms with Gasteiger partial charge in [-0.1, -0.05) is 25.3 Å². The minimum Gasteiger partial charge on any atom is -0.481 e. The van der Waals surface area contributed by atoms with E-state index >= 15 is 0 Å². The molecule has 8 heteroatoms. The lowest BCUT2D eigenvalue weighted by molar-refractivity contribution is -0.137. The van der Waals surface area contributed by atoms with Crippen LogP contribution in [0.2, 0.25) is 0 Å². The second-order valence-corrected chi connectivity index (χ2v) is 11.4. The van der Waals surface area contributed by atoms with Gasteiger partial charge in [0, 0.05) is 40.4 Å².